The van der Waals surface area contributed by atoms with Gasteiger partial charge >= 0.3 is 0 Å². The Kier molecular flexibility index (Phi) is 3.74. The van der Waals surface area contributed by atoms with Crippen molar-refractivity contribution in [2.75, 3.05) is 7.11 Å². The van der Waals surface area contributed by atoms with E-state index in [1.807, 2.05) is 0 Å². The quantitative estimate of drug-likeness (QED) is 0.770. The molecule has 20 heavy (non-hydrogen) atoms. The number of allylic oxidation sites excluding steroid dienone is 3. The number of hydrogen-bond donors (Lipinski definition) is 0. The number of methoxy groups -OCH3 is 1. The summed E-state index contributed by atoms with van der Waals surface area (Å²) in [4.78, 5) is 12.2. The number of aromatic nitrogens is 1. The van der Waals surface area contributed by atoms with Gasteiger partial charge in [0.05, 0.1) is 7.11 Å². The van der Waals surface area contributed by atoms with Crippen molar-refractivity contribution in [1.82, 2.24) is 5.16 Å². The van der Waals surface area contributed by atoms with Crippen LogP contribution in [0.15, 0.2) is 68.7 Å². The third-order valence-corrected chi connectivity index (χ3v) is 2.69. The monoisotopic (exact) mass is 271 g/mol. The summed E-state index contributed by atoms with van der Waals surface area (Å²) in [5.41, 5.74) is 1.04. The molecule has 0 saturated heterocycles. The number of ether oxygens (including phenoxy) is 1. The SMILES string of the molecule is C=CC1=C(C=C)C(OC)=C(N=Nc2cc(C)on2)C1=O. The Morgan fingerprint density at radius 3 is 2.50 bits per heavy atom. The maximum absolute atomic E-state index is 12.2. The van der Waals surface area contributed by atoms with E-state index in [1.165, 1.54) is 19.3 Å². The molecule has 1 aliphatic rings. The zero-order valence-electron chi connectivity index (χ0n) is 11.2. The van der Waals surface area contributed by atoms with Crippen LogP contribution in [0.4, 0.5) is 5.82 Å². The average molecular weight is 271 g/mol. The molecule has 0 N–H and O–H groups in total. The van der Waals surface area contributed by atoms with E-state index in [2.05, 4.69) is 28.5 Å². The van der Waals surface area contributed by atoms with E-state index in [9.17, 15) is 4.79 Å². The highest BCUT2D eigenvalue weighted by Gasteiger charge is 2.31. The van der Waals surface area contributed by atoms with Crippen molar-refractivity contribution in [3.05, 3.63) is 59.7 Å². The Hall–Kier alpha value is -2.76. The first kappa shape index (κ1) is 13.7. The molecule has 2 rings (SSSR count). The molecule has 0 aromatic carbocycles. The molecule has 0 amide bonds. The van der Waals surface area contributed by atoms with Crippen molar-refractivity contribution in [2.24, 2.45) is 10.2 Å². The highest BCUT2D eigenvalue weighted by Crippen LogP contribution is 2.32. The van der Waals surface area contributed by atoms with E-state index in [-0.39, 0.29) is 17.3 Å². The van der Waals surface area contributed by atoms with Gasteiger partial charge in [-0.3, -0.25) is 4.79 Å². The van der Waals surface area contributed by atoms with Gasteiger partial charge in [-0.2, -0.15) is 0 Å². The van der Waals surface area contributed by atoms with E-state index in [0.29, 0.717) is 22.7 Å². The van der Waals surface area contributed by atoms with Gasteiger partial charge in [-0.25, -0.2) is 0 Å². The number of nitrogens with zero attached hydrogens (tertiary/aromatic N) is 3. The molecule has 6 heteroatoms. The number of hydrogen-bond acceptors (Lipinski definition) is 6. The van der Waals surface area contributed by atoms with Crippen LogP contribution in [0.2, 0.25) is 0 Å². The third-order valence-electron chi connectivity index (χ3n) is 2.69. The molecule has 0 unspecified atom stereocenters. The van der Waals surface area contributed by atoms with E-state index in [4.69, 9.17) is 9.26 Å². The lowest BCUT2D eigenvalue weighted by atomic mass is 10.1. The molecule has 1 aromatic rings. The fourth-order valence-corrected chi connectivity index (χ4v) is 1.81. The van der Waals surface area contributed by atoms with E-state index in [1.54, 1.807) is 13.0 Å². The van der Waals surface area contributed by atoms with Crippen LogP contribution in [-0.2, 0) is 9.53 Å². The lowest BCUT2D eigenvalue weighted by molar-refractivity contribution is -0.111. The van der Waals surface area contributed by atoms with Gasteiger partial charge < -0.3 is 9.26 Å². The maximum atomic E-state index is 12.2. The topological polar surface area (TPSA) is 77.1 Å². The van der Waals surface area contributed by atoms with Crippen LogP contribution in [0.25, 0.3) is 0 Å². The van der Waals surface area contributed by atoms with Crippen LogP contribution in [0.1, 0.15) is 5.76 Å². The molecule has 0 fully saturated rings. The molecule has 0 saturated carbocycles. The van der Waals surface area contributed by atoms with Crippen LogP contribution in [0, 0.1) is 6.92 Å². The van der Waals surface area contributed by atoms with E-state index < -0.39 is 0 Å². The predicted octanol–water partition coefficient (Wildman–Crippen LogP) is 3.18. The molecule has 0 radical (unpaired) electrons. The first-order valence-electron chi connectivity index (χ1n) is 5.80. The van der Waals surface area contributed by atoms with Crippen LogP contribution < -0.4 is 0 Å². The molecular formula is C14H13N3O3. The molecule has 1 heterocycles. The molecule has 1 aliphatic carbocycles. The summed E-state index contributed by atoms with van der Waals surface area (Å²) in [6, 6.07) is 1.60. The maximum Gasteiger partial charge on any atom is 0.217 e. The average Bonchev–Trinajstić information content (AvgIpc) is 2.97. The molecule has 1 aromatic heterocycles. The van der Waals surface area contributed by atoms with Gasteiger partial charge in [-0.05, 0) is 6.92 Å². The number of carbonyl (C=O) groups is 1. The highest BCUT2D eigenvalue weighted by molar-refractivity contribution is 6.14. The minimum absolute atomic E-state index is 0.0953. The summed E-state index contributed by atoms with van der Waals surface area (Å²) in [5, 5.41) is 11.4. The summed E-state index contributed by atoms with van der Waals surface area (Å²) >= 11 is 0. The zero-order valence-corrected chi connectivity index (χ0v) is 11.2. The second-order valence-corrected chi connectivity index (χ2v) is 3.94. The molecule has 0 bridgehead atoms. The first-order chi connectivity index (χ1) is 9.62. The number of carbonyl (C=O) groups excluding carboxylic acids is 1. The Balaban J connectivity index is 2.41. The van der Waals surface area contributed by atoms with E-state index >= 15 is 0 Å². The van der Waals surface area contributed by atoms with Gasteiger partial charge in [-0.1, -0.05) is 30.5 Å². The molecule has 0 atom stereocenters. The summed E-state index contributed by atoms with van der Waals surface area (Å²) in [5.74, 6) is 0.902. The van der Waals surface area contributed by atoms with Gasteiger partial charge in [0.15, 0.2) is 11.5 Å². The molecule has 102 valence electrons. The fourth-order valence-electron chi connectivity index (χ4n) is 1.81. The van der Waals surface area contributed by atoms with Crippen molar-refractivity contribution in [1.29, 1.82) is 0 Å². The van der Waals surface area contributed by atoms with Crippen LogP contribution in [0.3, 0.4) is 0 Å². The standard InChI is InChI=1S/C14H13N3O3/c1-5-9-10(6-2)14(19-4)12(13(9)18)16-15-11-7-8(3)20-17-11/h5-7H,1-2H2,3-4H3. The summed E-state index contributed by atoms with van der Waals surface area (Å²) in [7, 11) is 1.45. The van der Waals surface area contributed by atoms with Crippen LogP contribution in [0.5, 0.6) is 0 Å². The number of aryl methyl sites for hydroxylation is 1. The first-order valence-corrected chi connectivity index (χ1v) is 5.80. The van der Waals surface area contributed by atoms with Crippen molar-refractivity contribution >= 4 is 11.6 Å². The van der Waals surface area contributed by atoms with Crippen molar-refractivity contribution in [2.45, 2.75) is 6.92 Å². The van der Waals surface area contributed by atoms with Gasteiger partial charge in [0.1, 0.15) is 5.76 Å². The largest absolute Gasteiger partial charge is 0.494 e. The van der Waals surface area contributed by atoms with Gasteiger partial charge in [0.2, 0.25) is 11.6 Å². The van der Waals surface area contributed by atoms with Crippen molar-refractivity contribution < 1.29 is 14.1 Å². The predicted molar refractivity (Wildman–Crippen MR) is 72.2 cm³/mol. The number of ketones is 1. The van der Waals surface area contributed by atoms with Crippen LogP contribution in [-0.4, -0.2) is 18.0 Å². The molecule has 6 nitrogen and oxygen atoms in total. The summed E-state index contributed by atoms with van der Waals surface area (Å²) in [6.07, 6.45) is 2.97. The minimum Gasteiger partial charge on any atom is -0.494 e. The minimum atomic E-state index is -0.310. The zero-order chi connectivity index (χ0) is 14.7. The number of rotatable bonds is 5. The molecule has 0 aliphatic heterocycles. The van der Waals surface area contributed by atoms with Crippen molar-refractivity contribution in [3.8, 4) is 0 Å². The Morgan fingerprint density at radius 2 is 2.00 bits per heavy atom. The molecule has 0 spiro atoms. The number of Topliss-reactive ketones (excluding diaryl/α,β-unsaturated/α-hetero) is 1. The second kappa shape index (κ2) is 5.48. The molecular weight excluding hydrogens is 258 g/mol. The lowest BCUT2D eigenvalue weighted by Crippen LogP contribution is -1.98. The van der Waals surface area contributed by atoms with Crippen LogP contribution >= 0.6 is 0 Å². The third kappa shape index (κ3) is 2.23. The van der Waals surface area contributed by atoms with Gasteiger partial charge in [0.25, 0.3) is 0 Å². The summed E-state index contributed by atoms with van der Waals surface area (Å²) < 4.78 is 10.1. The smallest absolute Gasteiger partial charge is 0.217 e. The van der Waals surface area contributed by atoms with Gasteiger partial charge in [-0.15, -0.1) is 10.2 Å². The Labute approximate surface area is 115 Å². The highest BCUT2D eigenvalue weighted by atomic mass is 16.5. The normalized spacial score (nSPS) is 15.4. The second-order valence-electron chi connectivity index (χ2n) is 3.94. The van der Waals surface area contributed by atoms with E-state index in [0.717, 1.165) is 0 Å². The van der Waals surface area contributed by atoms with Gasteiger partial charge in [0, 0.05) is 17.2 Å². The fraction of sp³-hybridized carbons (Fsp3) is 0.143. The Morgan fingerprint density at radius 1 is 1.30 bits per heavy atom. The lowest BCUT2D eigenvalue weighted by Gasteiger charge is -2.02. The summed E-state index contributed by atoms with van der Waals surface area (Å²) in [6.45, 7) is 9.00. The number of azo groups is 1. The van der Waals surface area contributed by atoms with Crippen molar-refractivity contribution in [3.63, 3.8) is 0 Å². The Bertz CT molecular complexity index is 678.